The van der Waals surface area contributed by atoms with E-state index in [2.05, 4.69) is 29.1 Å². The number of nitrogens with one attached hydrogen (secondary N) is 1. The summed E-state index contributed by atoms with van der Waals surface area (Å²) < 4.78 is 28.7. The molecule has 1 rings (SSSR count). The first-order valence-corrected chi connectivity index (χ1v) is 6.50. The fourth-order valence-corrected chi connectivity index (χ4v) is 1.53. The molecule has 4 nitrogen and oxygen atoms in total. The highest BCUT2D eigenvalue weighted by Crippen LogP contribution is 2.15. The summed E-state index contributed by atoms with van der Waals surface area (Å²) in [4.78, 5) is 8.75. The Morgan fingerprint density at radius 1 is 1.32 bits per heavy atom. The third kappa shape index (κ3) is 5.92. The molecule has 0 saturated carbocycles. The molecule has 0 radical (unpaired) electrons. The minimum atomic E-state index is -2.43. The monoisotopic (exact) mass is 273 g/mol. The van der Waals surface area contributed by atoms with Crippen molar-refractivity contribution in [1.29, 1.82) is 0 Å². The van der Waals surface area contributed by atoms with E-state index in [-0.39, 0.29) is 6.61 Å². The lowest BCUT2D eigenvalue weighted by molar-refractivity contribution is 0.0183. The number of hydrogen-bond donors (Lipinski definition) is 1. The van der Waals surface area contributed by atoms with Gasteiger partial charge in [0, 0.05) is 24.7 Å². The van der Waals surface area contributed by atoms with Crippen LogP contribution in [0.3, 0.4) is 0 Å². The molecule has 0 amide bonds. The van der Waals surface area contributed by atoms with E-state index in [9.17, 15) is 8.78 Å². The van der Waals surface area contributed by atoms with Gasteiger partial charge in [-0.3, -0.25) is 0 Å². The van der Waals surface area contributed by atoms with Crippen molar-refractivity contribution in [3.63, 3.8) is 0 Å². The van der Waals surface area contributed by atoms with Gasteiger partial charge in [-0.15, -0.1) is 0 Å². The van der Waals surface area contributed by atoms with Crippen molar-refractivity contribution in [1.82, 2.24) is 9.97 Å². The van der Waals surface area contributed by atoms with Gasteiger partial charge < -0.3 is 10.1 Å². The molecule has 0 fully saturated rings. The second-order valence-corrected chi connectivity index (χ2v) is 4.50. The topological polar surface area (TPSA) is 47.0 Å². The summed E-state index contributed by atoms with van der Waals surface area (Å²) in [6, 6.07) is 1.91. The molecular formula is C13H21F2N3O. The van der Waals surface area contributed by atoms with Gasteiger partial charge in [0.2, 0.25) is 0 Å². The van der Waals surface area contributed by atoms with Crippen molar-refractivity contribution in [3.8, 4) is 0 Å². The average molecular weight is 273 g/mol. The standard InChI is InChI=1S/C13H21F2N3O/c1-4-16-13-7-10(9(2)3)17-12(18-13)5-6-19-8-11(14)15/h7,9,11H,4-6,8H2,1-3H3,(H,16,17,18). The maximum Gasteiger partial charge on any atom is 0.261 e. The van der Waals surface area contributed by atoms with Gasteiger partial charge in [-0.1, -0.05) is 13.8 Å². The van der Waals surface area contributed by atoms with Gasteiger partial charge in [0.1, 0.15) is 18.2 Å². The Balaban J connectivity index is 2.65. The number of alkyl halides is 2. The number of ether oxygens (including phenoxy) is 1. The van der Waals surface area contributed by atoms with E-state index in [4.69, 9.17) is 4.74 Å². The minimum absolute atomic E-state index is 0.206. The van der Waals surface area contributed by atoms with Crippen LogP contribution in [0.15, 0.2) is 6.07 Å². The molecule has 0 aliphatic carbocycles. The van der Waals surface area contributed by atoms with Crippen molar-refractivity contribution in [3.05, 3.63) is 17.6 Å². The van der Waals surface area contributed by atoms with Crippen molar-refractivity contribution < 1.29 is 13.5 Å². The third-order valence-corrected chi connectivity index (χ3v) is 2.46. The maximum atomic E-state index is 11.9. The third-order valence-electron chi connectivity index (χ3n) is 2.46. The van der Waals surface area contributed by atoms with Crippen LogP contribution >= 0.6 is 0 Å². The lowest BCUT2D eigenvalue weighted by Crippen LogP contribution is -2.11. The molecule has 1 N–H and O–H groups in total. The summed E-state index contributed by atoms with van der Waals surface area (Å²) in [6.45, 7) is 6.53. The lowest BCUT2D eigenvalue weighted by atomic mass is 10.1. The number of halogens is 2. The predicted octanol–water partition coefficient (Wildman–Crippen LogP) is 2.86. The minimum Gasteiger partial charge on any atom is -0.375 e. The summed E-state index contributed by atoms with van der Waals surface area (Å²) >= 11 is 0. The molecule has 1 aromatic heterocycles. The molecule has 6 heteroatoms. The van der Waals surface area contributed by atoms with Gasteiger partial charge in [0.05, 0.1) is 6.61 Å². The highest BCUT2D eigenvalue weighted by Gasteiger charge is 2.08. The molecule has 0 saturated heterocycles. The first-order chi connectivity index (χ1) is 9.02. The van der Waals surface area contributed by atoms with Gasteiger partial charge in [-0.2, -0.15) is 0 Å². The summed E-state index contributed by atoms with van der Waals surface area (Å²) in [5.74, 6) is 1.68. The molecule has 0 unspecified atom stereocenters. The van der Waals surface area contributed by atoms with Gasteiger partial charge in [0.15, 0.2) is 0 Å². The van der Waals surface area contributed by atoms with Crippen molar-refractivity contribution in [2.24, 2.45) is 0 Å². The van der Waals surface area contributed by atoms with Crippen LogP contribution in [0.5, 0.6) is 0 Å². The zero-order chi connectivity index (χ0) is 14.3. The molecule has 0 atom stereocenters. The highest BCUT2D eigenvalue weighted by molar-refractivity contribution is 5.36. The molecule has 0 aromatic carbocycles. The van der Waals surface area contributed by atoms with Gasteiger partial charge >= 0.3 is 0 Å². The van der Waals surface area contributed by atoms with Crippen LogP contribution in [0, 0.1) is 0 Å². The van der Waals surface area contributed by atoms with Crippen LogP contribution in [0.1, 0.15) is 38.2 Å². The fourth-order valence-electron chi connectivity index (χ4n) is 1.53. The summed E-state index contributed by atoms with van der Waals surface area (Å²) in [5, 5.41) is 3.14. The van der Waals surface area contributed by atoms with Crippen LogP contribution < -0.4 is 5.32 Å². The molecule has 1 heterocycles. The fraction of sp³-hybridized carbons (Fsp3) is 0.692. The Kier molecular flexibility index (Phi) is 6.62. The Bertz CT molecular complexity index is 386. The first-order valence-electron chi connectivity index (χ1n) is 6.50. The normalized spacial score (nSPS) is 11.3. The second kappa shape index (κ2) is 7.99. The van der Waals surface area contributed by atoms with Crippen LogP contribution in [0.4, 0.5) is 14.6 Å². The predicted molar refractivity (Wildman–Crippen MR) is 70.8 cm³/mol. The van der Waals surface area contributed by atoms with Gasteiger partial charge in [-0.05, 0) is 12.8 Å². The highest BCUT2D eigenvalue weighted by atomic mass is 19.3. The smallest absolute Gasteiger partial charge is 0.261 e. The number of rotatable bonds is 8. The quantitative estimate of drug-likeness (QED) is 0.740. The summed E-state index contributed by atoms with van der Waals surface area (Å²) in [7, 11) is 0. The van der Waals surface area contributed by atoms with Gasteiger partial charge in [0.25, 0.3) is 6.43 Å². The van der Waals surface area contributed by atoms with E-state index in [1.807, 2.05) is 13.0 Å². The van der Waals surface area contributed by atoms with E-state index in [1.165, 1.54) is 0 Å². The molecule has 1 aromatic rings. The van der Waals surface area contributed by atoms with Crippen LogP contribution in [-0.2, 0) is 11.2 Å². The zero-order valence-corrected chi connectivity index (χ0v) is 11.6. The Morgan fingerprint density at radius 2 is 2.05 bits per heavy atom. The summed E-state index contributed by atoms with van der Waals surface area (Å²) in [5.41, 5.74) is 0.940. The van der Waals surface area contributed by atoms with Crippen LogP contribution in [-0.4, -0.2) is 36.2 Å². The number of nitrogens with zero attached hydrogens (tertiary/aromatic N) is 2. The average Bonchev–Trinajstić information content (AvgIpc) is 2.34. The molecule has 108 valence electrons. The molecule has 0 bridgehead atoms. The molecule has 0 aliphatic heterocycles. The van der Waals surface area contributed by atoms with E-state index < -0.39 is 13.0 Å². The molecular weight excluding hydrogens is 252 g/mol. The molecule has 19 heavy (non-hydrogen) atoms. The van der Waals surface area contributed by atoms with Crippen LogP contribution in [0.25, 0.3) is 0 Å². The van der Waals surface area contributed by atoms with Crippen molar-refractivity contribution in [2.75, 3.05) is 25.1 Å². The van der Waals surface area contributed by atoms with Gasteiger partial charge in [-0.25, -0.2) is 18.7 Å². The number of anilines is 1. The Labute approximate surface area is 112 Å². The molecule has 0 aliphatic rings. The Hall–Kier alpha value is -1.30. The van der Waals surface area contributed by atoms with E-state index in [0.29, 0.717) is 18.2 Å². The van der Waals surface area contributed by atoms with Crippen LogP contribution in [0.2, 0.25) is 0 Å². The zero-order valence-electron chi connectivity index (χ0n) is 11.6. The van der Waals surface area contributed by atoms with E-state index in [0.717, 1.165) is 18.1 Å². The van der Waals surface area contributed by atoms with E-state index in [1.54, 1.807) is 0 Å². The van der Waals surface area contributed by atoms with Crippen molar-refractivity contribution >= 4 is 5.82 Å². The lowest BCUT2D eigenvalue weighted by Gasteiger charge is -2.11. The number of aromatic nitrogens is 2. The largest absolute Gasteiger partial charge is 0.375 e. The Morgan fingerprint density at radius 3 is 2.63 bits per heavy atom. The molecule has 0 spiro atoms. The summed E-state index contributed by atoms with van der Waals surface area (Å²) in [6.07, 6.45) is -1.99. The van der Waals surface area contributed by atoms with Crippen molar-refractivity contribution in [2.45, 2.75) is 39.5 Å². The second-order valence-electron chi connectivity index (χ2n) is 4.50. The number of hydrogen-bond acceptors (Lipinski definition) is 4. The SMILES string of the molecule is CCNc1cc(C(C)C)nc(CCOCC(F)F)n1. The maximum absolute atomic E-state index is 11.9. The first kappa shape index (κ1) is 15.8. The van der Waals surface area contributed by atoms with E-state index >= 15 is 0 Å².